The van der Waals surface area contributed by atoms with Crippen LogP contribution >= 0.6 is 22.9 Å². The molecule has 0 spiro atoms. The standard InChI is InChI=1S/C12H9ClN4OS/c13-8-4-2-1-3-7(8)5-10-16-11(18-17-10)9-6-19-12(14)15-9/h1-4,6H,5H2,(H2,14,15). The van der Waals surface area contributed by atoms with Crippen LogP contribution in [0.2, 0.25) is 5.02 Å². The fourth-order valence-corrected chi connectivity index (χ4v) is 2.37. The van der Waals surface area contributed by atoms with E-state index in [0.29, 0.717) is 34.0 Å². The van der Waals surface area contributed by atoms with Gasteiger partial charge in [0, 0.05) is 16.8 Å². The number of nitrogen functional groups attached to an aromatic ring is 1. The number of anilines is 1. The van der Waals surface area contributed by atoms with Gasteiger partial charge in [0.25, 0.3) is 5.89 Å². The summed E-state index contributed by atoms with van der Waals surface area (Å²) in [6.45, 7) is 0. The molecule has 0 aliphatic rings. The van der Waals surface area contributed by atoms with Gasteiger partial charge in [0.1, 0.15) is 5.69 Å². The highest BCUT2D eigenvalue weighted by Gasteiger charge is 2.13. The molecule has 0 saturated heterocycles. The average molecular weight is 293 g/mol. The SMILES string of the molecule is Nc1nc(-c2nc(Cc3ccccc3Cl)no2)cs1. The van der Waals surface area contributed by atoms with Gasteiger partial charge in [-0.1, -0.05) is 35.0 Å². The molecule has 2 N–H and O–H groups in total. The van der Waals surface area contributed by atoms with Crippen LogP contribution in [-0.2, 0) is 6.42 Å². The molecule has 0 fully saturated rings. The van der Waals surface area contributed by atoms with Crippen molar-refractivity contribution >= 4 is 28.1 Å². The summed E-state index contributed by atoms with van der Waals surface area (Å²) in [6.07, 6.45) is 0.517. The molecule has 0 aliphatic heterocycles. The molecule has 3 rings (SSSR count). The molecular formula is C12H9ClN4OS. The van der Waals surface area contributed by atoms with Crippen LogP contribution in [0.1, 0.15) is 11.4 Å². The predicted molar refractivity (Wildman–Crippen MR) is 74.1 cm³/mol. The zero-order valence-electron chi connectivity index (χ0n) is 9.71. The second-order valence-electron chi connectivity index (χ2n) is 3.85. The van der Waals surface area contributed by atoms with Crippen LogP contribution in [-0.4, -0.2) is 15.1 Å². The normalized spacial score (nSPS) is 10.8. The Bertz CT molecular complexity index is 709. The van der Waals surface area contributed by atoms with Crippen LogP contribution in [0.4, 0.5) is 5.13 Å². The molecule has 5 nitrogen and oxygen atoms in total. The summed E-state index contributed by atoms with van der Waals surface area (Å²) in [5.74, 6) is 0.935. The van der Waals surface area contributed by atoms with Crippen molar-refractivity contribution in [2.75, 3.05) is 5.73 Å². The number of hydrogen-bond acceptors (Lipinski definition) is 6. The molecule has 3 aromatic rings. The van der Waals surface area contributed by atoms with E-state index in [1.54, 1.807) is 5.38 Å². The molecule has 7 heteroatoms. The van der Waals surface area contributed by atoms with Gasteiger partial charge in [0.05, 0.1) is 0 Å². The number of nitrogens with zero attached hydrogens (tertiary/aromatic N) is 3. The van der Waals surface area contributed by atoms with Crippen LogP contribution in [0.15, 0.2) is 34.2 Å². The van der Waals surface area contributed by atoms with Crippen molar-refractivity contribution in [2.45, 2.75) is 6.42 Å². The molecule has 0 unspecified atom stereocenters. The summed E-state index contributed by atoms with van der Waals surface area (Å²) in [5, 5.41) is 6.86. The quantitative estimate of drug-likeness (QED) is 0.803. The van der Waals surface area contributed by atoms with Crippen molar-refractivity contribution in [2.24, 2.45) is 0 Å². The molecular weight excluding hydrogens is 284 g/mol. The van der Waals surface area contributed by atoms with Gasteiger partial charge in [-0.3, -0.25) is 0 Å². The molecule has 0 radical (unpaired) electrons. The first-order valence-corrected chi connectivity index (χ1v) is 6.75. The first-order chi connectivity index (χ1) is 9.22. The smallest absolute Gasteiger partial charge is 0.277 e. The Morgan fingerprint density at radius 1 is 1.26 bits per heavy atom. The summed E-state index contributed by atoms with van der Waals surface area (Å²) in [6, 6.07) is 7.56. The molecule has 2 aromatic heterocycles. The van der Waals surface area contributed by atoms with Crippen molar-refractivity contribution in [3.05, 3.63) is 46.1 Å². The van der Waals surface area contributed by atoms with Crippen molar-refractivity contribution in [3.63, 3.8) is 0 Å². The summed E-state index contributed by atoms with van der Waals surface area (Å²) < 4.78 is 5.16. The summed E-state index contributed by atoms with van der Waals surface area (Å²) in [4.78, 5) is 8.38. The highest BCUT2D eigenvalue weighted by atomic mass is 35.5. The third-order valence-electron chi connectivity index (χ3n) is 2.52. The fourth-order valence-electron chi connectivity index (χ4n) is 1.63. The van der Waals surface area contributed by atoms with Crippen LogP contribution in [0.3, 0.4) is 0 Å². The Labute approximate surface area is 118 Å². The minimum atomic E-state index is 0.370. The highest BCUT2D eigenvalue weighted by molar-refractivity contribution is 7.13. The average Bonchev–Trinajstić information content (AvgIpc) is 3.01. The molecule has 1 aromatic carbocycles. The minimum absolute atomic E-state index is 0.370. The zero-order chi connectivity index (χ0) is 13.2. The van der Waals surface area contributed by atoms with E-state index in [1.807, 2.05) is 24.3 Å². The Morgan fingerprint density at radius 3 is 2.84 bits per heavy atom. The Balaban J connectivity index is 1.84. The lowest BCUT2D eigenvalue weighted by Crippen LogP contribution is -1.91. The van der Waals surface area contributed by atoms with Crippen molar-refractivity contribution < 1.29 is 4.52 Å². The molecule has 0 atom stereocenters. The van der Waals surface area contributed by atoms with E-state index >= 15 is 0 Å². The van der Waals surface area contributed by atoms with Crippen LogP contribution < -0.4 is 5.73 Å². The highest BCUT2D eigenvalue weighted by Crippen LogP contribution is 2.23. The van der Waals surface area contributed by atoms with Crippen LogP contribution in [0, 0.1) is 0 Å². The van der Waals surface area contributed by atoms with Crippen molar-refractivity contribution in [1.82, 2.24) is 15.1 Å². The number of benzene rings is 1. The van der Waals surface area contributed by atoms with Gasteiger partial charge in [-0.05, 0) is 11.6 Å². The van der Waals surface area contributed by atoms with E-state index in [9.17, 15) is 0 Å². The first-order valence-electron chi connectivity index (χ1n) is 5.50. The van der Waals surface area contributed by atoms with Gasteiger partial charge in [0.2, 0.25) is 0 Å². The number of rotatable bonds is 3. The Morgan fingerprint density at radius 2 is 2.11 bits per heavy atom. The lowest BCUT2D eigenvalue weighted by atomic mass is 10.1. The van der Waals surface area contributed by atoms with E-state index in [1.165, 1.54) is 11.3 Å². The lowest BCUT2D eigenvalue weighted by molar-refractivity contribution is 0.423. The third-order valence-corrected chi connectivity index (χ3v) is 3.56. The molecule has 2 heterocycles. The predicted octanol–water partition coefficient (Wildman–Crippen LogP) is 3.02. The Hall–Kier alpha value is -1.92. The van der Waals surface area contributed by atoms with E-state index in [-0.39, 0.29) is 0 Å². The molecule has 0 bridgehead atoms. The molecule has 96 valence electrons. The number of hydrogen-bond donors (Lipinski definition) is 1. The molecule has 0 amide bonds. The van der Waals surface area contributed by atoms with Gasteiger partial charge in [-0.2, -0.15) is 4.98 Å². The van der Waals surface area contributed by atoms with Crippen molar-refractivity contribution in [3.8, 4) is 11.6 Å². The molecule has 19 heavy (non-hydrogen) atoms. The second kappa shape index (κ2) is 4.99. The van der Waals surface area contributed by atoms with E-state index in [0.717, 1.165) is 5.56 Å². The first kappa shape index (κ1) is 12.1. The van der Waals surface area contributed by atoms with Crippen LogP contribution in [0.25, 0.3) is 11.6 Å². The largest absolute Gasteiger partial charge is 0.375 e. The lowest BCUT2D eigenvalue weighted by Gasteiger charge is -1.98. The second-order valence-corrected chi connectivity index (χ2v) is 5.15. The maximum atomic E-state index is 6.09. The third kappa shape index (κ3) is 2.59. The number of nitrogens with two attached hydrogens (primary N) is 1. The zero-order valence-corrected chi connectivity index (χ0v) is 11.3. The minimum Gasteiger partial charge on any atom is -0.375 e. The summed E-state index contributed by atoms with van der Waals surface area (Å²) in [7, 11) is 0. The summed E-state index contributed by atoms with van der Waals surface area (Å²) >= 11 is 7.42. The summed E-state index contributed by atoms with van der Waals surface area (Å²) in [5.41, 5.74) is 7.12. The van der Waals surface area contributed by atoms with Gasteiger partial charge < -0.3 is 10.3 Å². The van der Waals surface area contributed by atoms with E-state index in [4.69, 9.17) is 21.9 Å². The Kier molecular flexibility index (Phi) is 3.18. The van der Waals surface area contributed by atoms with Crippen molar-refractivity contribution in [1.29, 1.82) is 0 Å². The molecule has 0 aliphatic carbocycles. The number of halogens is 1. The van der Waals surface area contributed by atoms with Crippen LogP contribution in [0.5, 0.6) is 0 Å². The number of aromatic nitrogens is 3. The molecule has 0 saturated carbocycles. The maximum absolute atomic E-state index is 6.09. The maximum Gasteiger partial charge on any atom is 0.277 e. The topological polar surface area (TPSA) is 77.8 Å². The van der Waals surface area contributed by atoms with Gasteiger partial charge in [-0.25, -0.2) is 4.98 Å². The van der Waals surface area contributed by atoms with Gasteiger partial charge in [0.15, 0.2) is 11.0 Å². The van der Waals surface area contributed by atoms with E-state index < -0.39 is 0 Å². The number of thiazole rings is 1. The monoisotopic (exact) mass is 292 g/mol. The van der Waals surface area contributed by atoms with E-state index in [2.05, 4.69) is 15.1 Å². The fraction of sp³-hybridized carbons (Fsp3) is 0.0833. The van der Waals surface area contributed by atoms with Gasteiger partial charge in [-0.15, -0.1) is 11.3 Å². The van der Waals surface area contributed by atoms with Gasteiger partial charge >= 0.3 is 0 Å².